The number of nitrogens with zero attached hydrogens (tertiary/aromatic N) is 2. The van der Waals surface area contributed by atoms with Crippen LogP contribution in [0, 0.1) is 0 Å². The zero-order valence-corrected chi connectivity index (χ0v) is 10.2. The predicted octanol–water partition coefficient (Wildman–Crippen LogP) is 1.05. The van der Waals surface area contributed by atoms with Gasteiger partial charge in [-0.15, -0.1) is 0 Å². The summed E-state index contributed by atoms with van der Waals surface area (Å²) in [5, 5.41) is 0.0495. The average molecular weight is 251 g/mol. The monoisotopic (exact) mass is 251 g/mol. The lowest BCUT2D eigenvalue weighted by molar-refractivity contribution is -0.117. The predicted molar refractivity (Wildman–Crippen MR) is 67.7 cm³/mol. The number of carbonyl (C=O) groups is 2. The molecule has 1 aromatic rings. The first-order valence-corrected chi connectivity index (χ1v) is 6.14. The van der Waals surface area contributed by atoms with E-state index >= 15 is 0 Å². The van der Waals surface area contributed by atoms with Crippen LogP contribution in [0.25, 0.3) is 0 Å². The lowest BCUT2D eigenvalue weighted by Gasteiger charge is -2.15. The molecule has 1 aromatic heterocycles. The van der Waals surface area contributed by atoms with Crippen molar-refractivity contribution in [2.75, 3.05) is 17.2 Å². The Bertz CT molecular complexity index is 464. The number of hydrogen-bond donors (Lipinski definition) is 1. The summed E-state index contributed by atoms with van der Waals surface area (Å²) >= 11 is 1.21. The topological polar surface area (TPSA) is 76.3 Å². The number of thioether (sulfide) groups is 1. The smallest absolute Gasteiger partial charge is 0.229 e. The first-order valence-electron chi connectivity index (χ1n) is 5.26. The maximum absolute atomic E-state index is 11.8. The van der Waals surface area contributed by atoms with Gasteiger partial charge in [-0.05, 0) is 12.1 Å². The van der Waals surface area contributed by atoms with Crippen molar-refractivity contribution in [3.63, 3.8) is 0 Å². The maximum Gasteiger partial charge on any atom is 0.229 e. The van der Waals surface area contributed by atoms with Crippen LogP contribution in [-0.4, -0.2) is 27.8 Å². The van der Waals surface area contributed by atoms with Crippen molar-refractivity contribution in [1.82, 2.24) is 4.98 Å². The van der Waals surface area contributed by atoms with Crippen LogP contribution in [0.3, 0.4) is 0 Å². The SMILES string of the molecule is CC(=O)SC1CC(=O)N(c2cccc(N)n2)C1. The standard InChI is InChI=1S/C11H13N3O2S/c1-7(15)17-8-5-11(16)14(6-8)10-4-2-3-9(12)13-10/h2-4,8H,5-6H2,1H3,(H2,12,13). The third-order valence-electron chi connectivity index (χ3n) is 2.45. The van der Waals surface area contributed by atoms with E-state index in [2.05, 4.69) is 4.98 Å². The third kappa shape index (κ3) is 2.76. The van der Waals surface area contributed by atoms with Gasteiger partial charge in [0.05, 0.1) is 0 Å². The molecule has 0 spiro atoms. The van der Waals surface area contributed by atoms with Gasteiger partial charge in [0.1, 0.15) is 11.6 Å². The van der Waals surface area contributed by atoms with E-state index in [-0.39, 0.29) is 16.3 Å². The van der Waals surface area contributed by atoms with Crippen molar-refractivity contribution in [2.45, 2.75) is 18.6 Å². The summed E-state index contributed by atoms with van der Waals surface area (Å²) in [6.45, 7) is 2.02. The Balaban J connectivity index is 2.13. The molecule has 2 rings (SSSR count). The zero-order chi connectivity index (χ0) is 12.4. The van der Waals surface area contributed by atoms with Gasteiger partial charge in [-0.1, -0.05) is 17.8 Å². The molecule has 0 saturated carbocycles. The molecule has 1 fully saturated rings. The molecule has 1 atom stereocenters. The van der Waals surface area contributed by atoms with E-state index in [1.807, 2.05) is 0 Å². The summed E-state index contributed by atoms with van der Waals surface area (Å²) < 4.78 is 0. The van der Waals surface area contributed by atoms with Gasteiger partial charge in [0.15, 0.2) is 5.12 Å². The van der Waals surface area contributed by atoms with Crippen LogP contribution in [0.2, 0.25) is 0 Å². The average Bonchev–Trinajstić information content (AvgIpc) is 2.58. The molecule has 1 aliphatic rings. The molecule has 1 amide bonds. The highest BCUT2D eigenvalue weighted by molar-refractivity contribution is 8.14. The quantitative estimate of drug-likeness (QED) is 0.850. The number of amides is 1. The molecule has 1 unspecified atom stereocenters. The third-order valence-corrected chi connectivity index (χ3v) is 3.44. The minimum atomic E-state index is -0.0122. The highest BCUT2D eigenvalue weighted by Crippen LogP contribution is 2.27. The molecular formula is C11H13N3O2S. The number of rotatable bonds is 2. The summed E-state index contributed by atoms with van der Waals surface area (Å²) in [5.41, 5.74) is 5.58. The molecule has 5 nitrogen and oxygen atoms in total. The molecule has 6 heteroatoms. The summed E-state index contributed by atoms with van der Waals surface area (Å²) in [4.78, 5) is 28.5. The fourth-order valence-electron chi connectivity index (χ4n) is 1.80. The Kier molecular flexibility index (Phi) is 3.33. The molecule has 0 aromatic carbocycles. The number of carbonyl (C=O) groups excluding carboxylic acids is 2. The van der Waals surface area contributed by atoms with E-state index in [1.165, 1.54) is 18.7 Å². The van der Waals surface area contributed by atoms with Crippen molar-refractivity contribution in [3.8, 4) is 0 Å². The maximum atomic E-state index is 11.8. The Morgan fingerprint density at radius 2 is 2.35 bits per heavy atom. The van der Waals surface area contributed by atoms with Gasteiger partial charge in [0, 0.05) is 25.1 Å². The molecule has 0 radical (unpaired) electrons. The lowest BCUT2D eigenvalue weighted by Crippen LogP contribution is -2.26. The second-order valence-corrected chi connectivity index (χ2v) is 5.34. The van der Waals surface area contributed by atoms with Crippen molar-refractivity contribution < 1.29 is 9.59 Å². The number of anilines is 2. The van der Waals surface area contributed by atoms with Crippen LogP contribution in [0.15, 0.2) is 18.2 Å². The van der Waals surface area contributed by atoms with E-state index in [0.29, 0.717) is 24.6 Å². The van der Waals surface area contributed by atoms with Gasteiger partial charge in [-0.2, -0.15) is 0 Å². The van der Waals surface area contributed by atoms with E-state index < -0.39 is 0 Å². The Labute approximate surface area is 103 Å². The summed E-state index contributed by atoms with van der Waals surface area (Å²) in [5.74, 6) is 0.932. The van der Waals surface area contributed by atoms with Crippen molar-refractivity contribution >= 4 is 34.4 Å². The highest BCUT2D eigenvalue weighted by atomic mass is 32.2. The second kappa shape index (κ2) is 4.75. The van der Waals surface area contributed by atoms with Crippen molar-refractivity contribution in [1.29, 1.82) is 0 Å². The molecule has 1 saturated heterocycles. The Morgan fingerprint density at radius 3 is 3.00 bits per heavy atom. The Morgan fingerprint density at radius 1 is 1.59 bits per heavy atom. The molecular weight excluding hydrogens is 238 g/mol. The summed E-state index contributed by atoms with van der Waals surface area (Å²) in [7, 11) is 0. The van der Waals surface area contributed by atoms with E-state index in [1.54, 1.807) is 23.1 Å². The molecule has 17 heavy (non-hydrogen) atoms. The number of hydrogen-bond acceptors (Lipinski definition) is 5. The fourth-order valence-corrected chi connectivity index (χ4v) is 2.72. The second-order valence-electron chi connectivity index (χ2n) is 3.86. The van der Waals surface area contributed by atoms with Crippen LogP contribution in [0.1, 0.15) is 13.3 Å². The minimum absolute atomic E-state index is 0.0122. The first kappa shape index (κ1) is 11.9. The van der Waals surface area contributed by atoms with Gasteiger partial charge in [-0.3, -0.25) is 14.5 Å². The van der Waals surface area contributed by atoms with Crippen molar-refractivity contribution in [3.05, 3.63) is 18.2 Å². The molecule has 0 bridgehead atoms. The number of aromatic nitrogens is 1. The normalized spacial score (nSPS) is 19.7. The van der Waals surface area contributed by atoms with Crippen LogP contribution in [0.4, 0.5) is 11.6 Å². The molecule has 0 aliphatic carbocycles. The van der Waals surface area contributed by atoms with Gasteiger partial charge < -0.3 is 5.73 Å². The summed E-state index contributed by atoms with van der Waals surface area (Å²) in [6, 6.07) is 5.18. The largest absolute Gasteiger partial charge is 0.384 e. The van der Waals surface area contributed by atoms with Crippen LogP contribution in [0.5, 0.6) is 0 Å². The van der Waals surface area contributed by atoms with Crippen LogP contribution < -0.4 is 10.6 Å². The van der Waals surface area contributed by atoms with Gasteiger partial charge in [0.2, 0.25) is 5.91 Å². The molecule has 90 valence electrons. The van der Waals surface area contributed by atoms with Gasteiger partial charge >= 0.3 is 0 Å². The van der Waals surface area contributed by atoms with Crippen LogP contribution >= 0.6 is 11.8 Å². The van der Waals surface area contributed by atoms with Crippen LogP contribution in [-0.2, 0) is 9.59 Å². The zero-order valence-electron chi connectivity index (χ0n) is 9.42. The molecule has 1 aliphatic heterocycles. The fraction of sp³-hybridized carbons (Fsp3) is 0.364. The first-order chi connectivity index (χ1) is 8.06. The molecule has 2 heterocycles. The minimum Gasteiger partial charge on any atom is -0.384 e. The number of nitrogens with two attached hydrogens (primary N) is 1. The van der Waals surface area contributed by atoms with Crippen molar-refractivity contribution in [2.24, 2.45) is 0 Å². The Hall–Kier alpha value is -1.56. The highest BCUT2D eigenvalue weighted by Gasteiger charge is 2.32. The summed E-state index contributed by atoms with van der Waals surface area (Å²) in [6.07, 6.45) is 0.376. The molecule has 2 N–H and O–H groups in total. The van der Waals surface area contributed by atoms with E-state index in [9.17, 15) is 9.59 Å². The van der Waals surface area contributed by atoms with E-state index in [0.717, 1.165) is 0 Å². The number of pyridine rings is 1. The lowest BCUT2D eigenvalue weighted by atomic mass is 10.4. The van der Waals surface area contributed by atoms with E-state index in [4.69, 9.17) is 5.73 Å². The number of nitrogen functional groups attached to an aromatic ring is 1. The van der Waals surface area contributed by atoms with Gasteiger partial charge in [-0.25, -0.2) is 4.98 Å². The van der Waals surface area contributed by atoms with Gasteiger partial charge in [0.25, 0.3) is 0 Å².